The molecule has 1 aliphatic carbocycles. The maximum atomic E-state index is 4.63. The van der Waals surface area contributed by atoms with Crippen LogP contribution in [0.5, 0.6) is 0 Å². The molecule has 3 atom stereocenters. The number of amidine groups is 1. The largest absolute Gasteiger partial charge is 0.361 e. The average molecular weight is 258 g/mol. The van der Waals surface area contributed by atoms with Crippen LogP contribution in [0.3, 0.4) is 0 Å². The van der Waals surface area contributed by atoms with Gasteiger partial charge >= 0.3 is 0 Å². The van der Waals surface area contributed by atoms with Crippen molar-refractivity contribution in [3.8, 4) is 0 Å². The Bertz CT molecular complexity index is 266. The lowest BCUT2D eigenvalue weighted by Crippen LogP contribution is -2.36. The van der Waals surface area contributed by atoms with Crippen LogP contribution in [0.25, 0.3) is 0 Å². The van der Waals surface area contributed by atoms with Gasteiger partial charge in [0.15, 0.2) is 5.17 Å². The predicted molar refractivity (Wildman–Crippen MR) is 76.6 cm³/mol. The highest BCUT2D eigenvalue weighted by Crippen LogP contribution is 2.31. The number of aliphatic imine (C=N–C) groups is 1. The van der Waals surface area contributed by atoms with Crippen LogP contribution in [-0.4, -0.2) is 34.5 Å². The van der Waals surface area contributed by atoms with E-state index in [9.17, 15) is 0 Å². The van der Waals surface area contributed by atoms with Crippen molar-refractivity contribution in [3.05, 3.63) is 0 Å². The molecule has 0 bridgehead atoms. The summed E-state index contributed by atoms with van der Waals surface area (Å²) in [6.45, 7) is 5.58. The van der Waals surface area contributed by atoms with Gasteiger partial charge in [0, 0.05) is 16.5 Å². The second-order valence-electron chi connectivity index (χ2n) is 5.00. The molecule has 4 heteroatoms. The molecule has 1 heterocycles. The molecule has 0 spiro atoms. The van der Waals surface area contributed by atoms with Crippen molar-refractivity contribution in [2.75, 3.05) is 12.8 Å². The van der Waals surface area contributed by atoms with Crippen LogP contribution in [0.4, 0.5) is 0 Å². The molecule has 3 unspecified atom stereocenters. The van der Waals surface area contributed by atoms with Gasteiger partial charge in [-0.1, -0.05) is 32.0 Å². The fraction of sp³-hybridized carbons (Fsp3) is 0.917. The molecule has 0 saturated heterocycles. The summed E-state index contributed by atoms with van der Waals surface area (Å²) < 4.78 is 0. The molecule has 0 radical (unpaired) electrons. The van der Waals surface area contributed by atoms with E-state index in [1.165, 1.54) is 24.4 Å². The van der Waals surface area contributed by atoms with Crippen molar-refractivity contribution in [1.82, 2.24) is 5.32 Å². The molecule has 2 nitrogen and oxygen atoms in total. The average Bonchev–Trinajstić information content (AvgIpc) is 2.87. The lowest BCUT2D eigenvalue weighted by Gasteiger charge is -2.20. The monoisotopic (exact) mass is 258 g/mol. The van der Waals surface area contributed by atoms with Gasteiger partial charge in [0.2, 0.25) is 0 Å². The smallest absolute Gasteiger partial charge is 0.157 e. The zero-order valence-corrected chi connectivity index (χ0v) is 12.0. The molecule has 1 saturated carbocycles. The van der Waals surface area contributed by atoms with Gasteiger partial charge in [0.1, 0.15) is 0 Å². The normalized spacial score (nSPS) is 34.5. The fourth-order valence-corrected chi connectivity index (χ4v) is 4.36. The molecule has 0 aromatic heterocycles. The Kier molecular flexibility index (Phi) is 4.48. The molecule has 0 amide bonds. The van der Waals surface area contributed by atoms with Crippen molar-refractivity contribution in [2.24, 2.45) is 10.9 Å². The maximum Gasteiger partial charge on any atom is 0.157 e. The standard InChI is InChI=1S/C12H22N2S2/c1-8(2)11-7-13-12(16-11)14-9-5-4-6-10(9)15-3/h8-11H,4-7H2,1-3H3,(H,13,14). The molecular weight excluding hydrogens is 236 g/mol. The zero-order chi connectivity index (χ0) is 11.5. The van der Waals surface area contributed by atoms with Crippen LogP contribution >= 0.6 is 23.5 Å². The van der Waals surface area contributed by atoms with Gasteiger partial charge in [-0.25, -0.2) is 0 Å². The van der Waals surface area contributed by atoms with E-state index in [0.717, 1.165) is 17.7 Å². The summed E-state index contributed by atoms with van der Waals surface area (Å²) in [7, 11) is 0. The van der Waals surface area contributed by atoms with E-state index in [-0.39, 0.29) is 0 Å². The Labute approximate surface area is 107 Å². The molecule has 92 valence electrons. The fourth-order valence-electron chi connectivity index (χ4n) is 2.35. The minimum absolute atomic E-state index is 0.659. The highest BCUT2D eigenvalue weighted by atomic mass is 32.2. The van der Waals surface area contributed by atoms with E-state index in [1.54, 1.807) is 0 Å². The Balaban J connectivity index is 1.82. The van der Waals surface area contributed by atoms with Crippen LogP contribution < -0.4 is 5.32 Å². The molecule has 2 aliphatic rings. The van der Waals surface area contributed by atoms with E-state index in [1.807, 2.05) is 23.5 Å². The molecule has 2 rings (SSSR count). The summed E-state index contributed by atoms with van der Waals surface area (Å²) in [5.41, 5.74) is 0. The van der Waals surface area contributed by atoms with Crippen molar-refractivity contribution >= 4 is 28.7 Å². The quantitative estimate of drug-likeness (QED) is 0.842. The maximum absolute atomic E-state index is 4.63. The molecular formula is C12H22N2S2. The number of hydrogen-bond donors (Lipinski definition) is 1. The van der Waals surface area contributed by atoms with Crippen LogP contribution in [0.1, 0.15) is 33.1 Å². The highest BCUT2D eigenvalue weighted by Gasteiger charge is 2.30. The van der Waals surface area contributed by atoms with Crippen molar-refractivity contribution < 1.29 is 0 Å². The first-order valence-electron chi connectivity index (χ1n) is 6.21. The van der Waals surface area contributed by atoms with Crippen LogP contribution in [-0.2, 0) is 0 Å². The van der Waals surface area contributed by atoms with Crippen LogP contribution in [0, 0.1) is 5.92 Å². The van der Waals surface area contributed by atoms with Gasteiger partial charge in [0.25, 0.3) is 0 Å². The zero-order valence-electron chi connectivity index (χ0n) is 10.4. The number of rotatable bonds is 3. The third kappa shape index (κ3) is 2.89. The van der Waals surface area contributed by atoms with E-state index in [2.05, 4.69) is 30.4 Å². The minimum Gasteiger partial charge on any atom is -0.361 e. The Morgan fingerprint density at radius 3 is 2.88 bits per heavy atom. The molecule has 1 fully saturated rings. The molecule has 0 aromatic rings. The third-order valence-electron chi connectivity index (χ3n) is 3.49. The Morgan fingerprint density at radius 1 is 1.44 bits per heavy atom. The summed E-state index contributed by atoms with van der Waals surface area (Å²) in [4.78, 5) is 4.63. The lowest BCUT2D eigenvalue weighted by atomic mass is 10.1. The van der Waals surface area contributed by atoms with E-state index < -0.39 is 0 Å². The van der Waals surface area contributed by atoms with Gasteiger partial charge in [0.05, 0.1) is 6.54 Å². The third-order valence-corrected chi connectivity index (χ3v) is 6.12. The van der Waals surface area contributed by atoms with Gasteiger partial charge < -0.3 is 5.32 Å². The second-order valence-corrected chi connectivity index (χ2v) is 7.31. The number of nitrogens with zero attached hydrogens (tertiary/aromatic N) is 1. The summed E-state index contributed by atoms with van der Waals surface area (Å²) in [6, 6.07) is 0.659. The van der Waals surface area contributed by atoms with Crippen molar-refractivity contribution in [3.63, 3.8) is 0 Å². The van der Waals surface area contributed by atoms with Crippen molar-refractivity contribution in [2.45, 2.75) is 49.7 Å². The minimum atomic E-state index is 0.659. The van der Waals surface area contributed by atoms with E-state index >= 15 is 0 Å². The number of nitrogens with one attached hydrogen (secondary N) is 1. The first kappa shape index (κ1) is 12.6. The lowest BCUT2D eigenvalue weighted by molar-refractivity contribution is 0.620. The van der Waals surface area contributed by atoms with Crippen molar-refractivity contribution in [1.29, 1.82) is 0 Å². The summed E-state index contributed by atoms with van der Waals surface area (Å²) in [6.07, 6.45) is 6.28. The molecule has 1 aliphatic heterocycles. The van der Waals surface area contributed by atoms with Crippen LogP contribution in [0.15, 0.2) is 4.99 Å². The molecule has 0 aromatic carbocycles. The Hall–Kier alpha value is 0.170. The van der Waals surface area contributed by atoms with E-state index in [0.29, 0.717) is 11.3 Å². The van der Waals surface area contributed by atoms with Gasteiger partial charge in [-0.3, -0.25) is 4.99 Å². The van der Waals surface area contributed by atoms with Gasteiger partial charge in [-0.2, -0.15) is 11.8 Å². The topological polar surface area (TPSA) is 24.4 Å². The molecule has 1 N–H and O–H groups in total. The number of hydrogen-bond acceptors (Lipinski definition) is 4. The number of thioether (sulfide) groups is 2. The van der Waals surface area contributed by atoms with Gasteiger partial charge in [-0.05, 0) is 25.0 Å². The predicted octanol–water partition coefficient (Wildman–Crippen LogP) is 2.99. The van der Waals surface area contributed by atoms with E-state index in [4.69, 9.17) is 0 Å². The summed E-state index contributed by atoms with van der Waals surface area (Å²) in [5.74, 6) is 0.730. The molecule has 16 heavy (non-hydrogen) atoms. The van der Waals surface area contributed by atoms with Crippen LogP contribution in [0.2, 0.25) is 0 Å². The SMILES string of the molecule is CSC1CCCC1NC1=NCC(C(C)C)S1. The highest BCUT2D eigenvalue weighted by molar-refractivity contribution is 8.14. The first-order valence-corrected chi connectivity index (χ1v) is 8.38. The Morgan fingerprint density at radius 2 is 2.25 bits per heavy atom. The first-order chi connectivity index (χ1) is 7.70. The summed E-state index contributed by atoms with van der Waals surface area (Å²) >= 11 is 3.95. The summed E-state index contributed by atoms with van der Waals surface area (Å²) in [5, 5.41) is 6.34. The van der Waals surface area contributed by atoms with Gasteiger partial charge in [-0.15, -0.1) is 0 Å². The second kappa shape index (κ2) is 5.67.